The van der Waals surface area contributed by atoms with Crippen molar-refractivity contribution in [1.82, 2.24) is 10.2 Å². The SMILES string of the molecule is O=CNC(CCCN1CC2C(C1)C2(F)F)C(=O)O. The van der Waals surface area contributed by atoms with Crippen molar-refractivity contribution in [2.24, 2.45) is 11.8 Å². The quantitative estimate of drug-likeness (QED) is 0.641. The molecule has 3 unspecified atom stereocenters. The Bertz CT molecular complexity index is 337. The minimum atomic E-state index is -2.47. The maximum Gasteiger partial charge on any atom is 0.326 e. The van der Waals surface area contributed by atoms with Gasteiger partial charge in [-0.2, -0.15) is 0 Å². The van der Waals surface area contributed by atoms with Crippen LogP contribution in [0, 0.1) is 11.8 Å². The van der Waals surface area contributed by atoms with Crippen LogP contribution in [0.4, 0.5) is 8.78 Å². The largest absolute Gasteiger partial charge is 0.480 e. The van der Waals surface area contributed by atoms with Gasteiger partial charge in [0, 0.05) is 24.9 Å². The molecule has 1 aliphatic carbocycles. The lowest BCUT2D eigenvalue weighted by atomic mass is 10.1. The summed E-state index contributed by atoms with van der Waals surface area (Å²) in [7, 11) is 0. The van der Waals surface area contributed by atoms with E-state index in [4.69, 9.17) is 5.11 Å². The van der Waals surface area contributed by atoms with Gasteiger partial charge in [-0.05, 0) is 19.4 Å². The predicted octanol–water partition coefficient (Wildman–Crippen LogP) is 0.163. The Labute approximate surface area is 103 Å². The number of nitrogens with one attached hydrogen (secondary N) is 1. The highest BCUT2D eigenvalue weighted by molar-refractivity contribution is 5.76. The molecule has 0 aromatic carbocycles. The van der Waals surface area contributed by atoms with Crippen LogP contribution >= 0.6 is 0 Å². The van der Waals surface area contributed by atoms with Crippen LogP contribution < -0.4 is 5.32 Å². The number of aliphatic carboxylic acids is 1. The van der Waals surface area contributed by atoms with Crippen LogP contribution in [0.2, 0.25) is 0 Å². The molecule has 18 heavy (non-hydrogen) atoms. The van der Waals surface area contributed by atoms with Gasteiger partial charge < -0.3 is 15.3 Å². The van der Waals surface area contributed by atoms with E-state index in [0.717, 1.165) is 0 Å². The smallest absolute Gasteiger partial charge is 0.326 e. The maximum absolute atomic E-state index is 12.9. The second kappa shape index (κ2) is 4.79. The third-order valence-corrected chi connectivity index (χ3v) is 3.81. The number of piperidine rings is 1. The van der Waals surface area contributed by atoms with Gasteiger partial charge in [0.05, 0.1) is 0 Å². The molecule has 1 saturated heterocycles. The number of carboxylic acids is 1. The highest BCUT2D eigenvalue weighted by Gasteiger charge is 2.71. The average Bonchev–Trinajstić information content (AvgIpc) is 2.66. The lowest BCUT2D eigenvalue weighted by molar-refractivity contribution is -0.140. The number of fused-ring (bicyclic) bond motifs is 1. The van der Waals surface area contributed by atoms with E-state index in [-0.39, 0.29) is 0 Å². The molecule has 0 bridgehead atoms. The molecule has 2 fully saturated rings. The first-order valence-corrected chi connectivity index (χ1v) is 5.99. The fourth-order valence-corrected chi connectivity index (χ4v) is 2.65. The number of hydrogen-bond donors (Lipinski definition) is 2. The summed E-state index contributed by atoms with van der Waals surface area (Å²) in [5.41, 5.74) is 0. The van der Waals surface area contributed by atoms with Crippen molar-refractivity contribution in [2.75, 3.05) is 19.6 Å². The molecule has 2 aliphatic rings. The molecular formula is C11H16F2N2O3. The number of rotatable bonds is 7. The van der Waals surface area contributed by atoms with Crippen molar-refractivity contribution in [3.63, 3.8) is 0 Å². The van der Waals surface area contributed by atoms with E-state index in [1.165, 1.54) is 0 Å². The number of nitrogens with zero attached hydrogens (tertiary/aromatic N) is 1. The number of carboxylic acid groups (broad SMARTS) is 1. The average molecular weight is 262 g/mol. The number of alkyl halides is 2. The van der Waals surface area contributed by atoms with Gasteiger partial charge in [-0.1, -0.05) is 0 Å². The molecule has 1 aliphatic heterocycles. The van der Waals surface area contributed by atoms with E-state index in [2.05, 4.69) is 5.32 Å². The normalized spacial score (nSPS) is 30.6. The molecule has 0 aromatic heterocycles. The molecule has 1 heterocycles. The number of carbonyl (C=O) groups is 2. The zero-order valence-corrected chi connectivity index (χ0v) is 9.81. The molecule has 0 spiro atoms. The van der Waals surface area contributed by atoms with Gasteiger partial charge in [-0.25, -0.2) is 13.6 Å². The third-order valence-electron chi connectivity index (χ3n) is 3.81. The second-order valence-corrected chi connectivity index (χ2v) is 4.96. The summed E-state index contributed by atoms with van der Waals surface area (Å²) in [4.78, 5) is 22.9. The lowest BCUT2D eigenvalue weighted by Gasteiger charge is -2.20. The van der Waals surface area contributed by atoms with Crippen LogP contribution in [0.3, 0.4) is 0 Å². The summed E-state index contributed by atoms with van der Waals surface area (Å²) in [6.45, 7) is 1.40. The Hall–Kier alpha value is -1.24. The van der Waals surface area contributed by atoms with Gasteiger partial charge in [0.25, 0.3) is 5.92 Å². The number of carbonyl (C=O) groups excluding carboxylic acids is 1. The van der Waals surface area contributed by atoms with Crippen molar-refractivity contribution >= 4 is 12.4 Å². The van der Waals surface area contributed by atoms with Gasteiger partial charge in [0.15, 0.2) is 0 Å². The van der Waals surface area contributed by atoms with Gasteiger partial charge in [-0.15, -0.1) is 0 Å². The van der Waals surface area contributed by atoms with Gasteiger partial charge in [0.2, 0.25) is 6.41 Å². The lowest BCUT2D eigenvalue weighted by Crippen LogP contribution is -2.37. The van der Waals surface area contributed by atoms with Crippen molar-refractivity contribution in [3.05, 3.63) is 0 Å². The minimum Gasteiger partial charge on any atom is -0.480 e. The Morgan fingerprint density at radius 3 is 2.61 bits per heavy atom. The summed E-state index contributed by atoms with van der Waals surface area (Å²) in [5.74, 6) is -4.54. The molecule has 3 atom stereocenters. The predicted molar refractivity (Wildman–Crippen MR) is 58.2 cm³/mol. The van der Waals surface area contributed by atoms with Crippen LogP contribution in [-0.2, 0) is 9.59 Å². The second-order valence-electron chi connectivity index (χ2n) is 4.96. The summed E-state index contributed by atoms with van der Waals surface area (Å²) < 4.78 is 25.8. The highest BCUT2D eigenvalue weighted by Crippen LogP contribution is 2.59. The minimum absolute atomic E-state index is 0.316. The summed E-state index contributed by atoms with van der Waals surface area (Å²) in [5, 5.41) is 11.0. The molecule has 1 saturated carbocycles. The molecule has 2 N–H and O–H groups in total. The van der Waals surface area contributed by atoms with Crippen LogP contribution in [-0.4, -0.2) is 54.0 Å². The first-order valence-electron chi connectivity index (χ1n) is 5.99. The summed E-state index contributed by atoms with van der Waals surface area (Å²) in [6, 6.07) is -0.888. The number of amides is 1. The number of hydrogen-bond acceptors (Lipinski definition) is 3. The van der Waals surface area contributed by atoms with Gasteiger partial charge in [0.1, 0.15) is 6.04 Å². The summed E-state index contributed by atoms with van der Waals surface area (Å²) in [6.07, 6.45) is 1.25. The Morgan fingerprint density at radius 1 is 1.50 bits per heavy atom. The van der Waals surface area contributed by atoms with Crippen LogP contribution in [0.5, 0.6) is 0 Å². The van der Waals surface area contributed by atoms with E-state index < -0.39 is 29.8 Å². The Morgan fingerprint density at radius 2 is 2.11 bits per heavy atom. The van der Waals surface area contributed by atoms with Crippen LogP contribution in [0.25, 0.3) is 0 Å². The van der Waals surface area contributed by atoms with Crippen LogP contribution in [0.15, 0.2) is 0 Å². The zero-order valence-electron chi connectivity index (χ0n) is 9.81. The fraction of sp³-hybridized carbons (Fsp3) is 0.818. The summed E-state index contributed by atoms with van der Waals surface area (Å²) >= 11 is 0. The first kappa shape index (κ1) is 13.2. The van der Waals surface area contributed by atoms with E-state index in [1.807, 2.05) is 4.90 Å². The number of likely N-dealkylation sites (tertiary alicyclic amines) is 1. The third kappa shape index (κ3) is 2.45. The van der Waals surface area contributed by atoms with Crippen molar-refractivity contribution in [3.8, 4) is 0 Å². The van der Waals surface area contributed by atoms with Gasteiger partial charge >= 0.3 is 5.97 Å². The molecular weight excluding hydrogens is 246 g/mol. The maximum atomic E-state index is 12.9. The molecule has 1 amide bonds. The molecule has 2 rings (SSSR count). The molecule has 102 valence electrons. The van der Waals surface area contributed by atoms with E-state index >= 15 is 0 Å². The zero-order chi connectivity index (χ0) is 13.3. The van der Waals surface area contributed by atoms with Crippen molar-refractivity contribution in [1.29, 1.82) is 0 Å². The first-order chi connectivity index (χ1) is 8.46. The van der Waals surface area contributed by atoms with Crippen molar-refractivity contribution in [2.45, 2.75) is 24.8 Å². The molecule has 0 radical (unpaired) electrons. The van der Waals surface area contributed by atoms with E-state index in [1.54, 1.807) is 0 Å². The molecule has 0 aromatic rings. The van der Waals surface area contributed by atoms with Crippen molar-refractivity contribution < 1.29 is 23.5 Å². The number of halogens is 2. The molecule has 7 heteroatoms. The Balaban J connectivity index is 1.65. The monoisotopic (exact) mass is 262 g/mol. The molecule has 5 nitrogen and oxygen atoms in total. The Kier molecular flexibility index (Phi) is 3.52. The fourth-order valence-electron chi connectivity index (χ4n) is 2.65. The van der Waals surface area contributed by atoms with Crippen LogP contribution in [0.1, 0.15) is 12.8 Å². The van der Waals surface area contributed by atoms with E-state index in [0.29, 0.717) is 38.9 Å². The highest BCUT2D eigenvalue weighted by atomic mass is 19.3. The standard InChI is InChI=1S/C11H16F2N2O3/c12-11(13)7-4-15(5-8(7)11)3-1-2-9(10(17)18)14-6-16/h6-9H,1-5H2,(H,14,16)(H,17,18). The topological polar surface area (TPSA) is 69.6 Å². The van der Waals surface area contributed by atoms with Gasteiger partial charge in [-0.3, -0.25) is 4.79 Å². The van der Waals surface area contributed by atoms with E-state index in [9.17, 15) is 18.4 Å².